The number of unbranched alkanes of at least 4 members (excludes halogenated alkanes) is 9. The van der Waals surface area contributed by atoms with Crippen molar-refractivity contribution in [1.82, 2.24) is 0 Å². The fraction of sp³-hybridized carbons (Fsp3) is 0.722. The van der Waals surface area contributed by atoms with Crippen molar-refractivity contribution in [3.63, 3.8) is 0 Å². The number of carboxylic acid groups (broad SMARTS) is 1. The molecule has 0 aromatic rings. The topological polar surface area (TPSA) is 40.1 Å². The normalized spacial score (nSPS) is 11.1. The minimum atomic E-state index is -0.922. The van der Waals surface area contributed by atoms with Gasteiger partial charge in [0.05, 0.1) is 0 Å². The van der Waals surface area contributed by atoms with Crippen molar-refractivity contribution in [2.75, 3.05) is 0 Å². The van der Waals surface area contributed by atoms with E-state index in [9.17, 15) is 9.90 Å². The third-order valence-corrected chi connectivity index (χ3v) is 3.36. The summed E-state index contributed by atoms with van der Waals surface area (Å²) in [6.45, 7) is 2.24. The molecule has 0 bridgehead atoms. The van der Waals surface area contributed by atoms with Crippen LogP contribution in [-0.2, 0) is 4.79 Å². The fourth-order valence-corrected chi connectivity index (χ4v) is 2.10. The van der Waals surface area contributed by atoms with Gasteiger partial charge in [-0.2, -0.15) is 0 Å². The Morgan fingerprint density at radius 3 is 1.81 bits per heavy atom. The van der Waals surface area contributed by atoms with Crippen molar-refractivity contribution >= 4 is 5.97 Å². The maximum absolute atomic E-state index is 10.2. The van der Waals surface area contributed by atoms with Crippen LogP contribution in [0.2, 0.25) is 0 Å². The van der Waals surface area contributed by atoms with Crippen molar-refractivity contribution in [2.45, 2.75) is 84.0 Å². The van der Waals surface area contributed by atoms with Gasteiger partial charge in [-0.1, -0.05) is 69.8 Å². The molecule has 3 heteroatoms. The van der Waals surface area contributed by atoms with Crippen molar-refractivity contribution in [1.29, 1.82) is 0 Å². The molecule has 0 aromatic heterocycles. The molecule has 0 aliphatic heterocycles. The molecule has 0 N–H and O–H groups in total. The van der Waals surface area contributed by atoms with Crippen LogP contribution in [0.3, 0.4) is 0 Å². The Morgan fingerprint density at radius 2 is 1.29 bits per heavy atom. The maximum atomic E-state index is 10.2. The largest absolute Gasteiger partial charge is 1.00 e. The molecule has 0 amide bonds. The molecular formula is C18H31NaO2. The first-order valence-electron chi connectivity index (χ1n) is 8.29. The van der Waals surface area contributed by atoms with Crippen molar-refractivity contribution in [3.05, 3.63) is 24.3 Å². The van der Waals surface area contributed by atoms with E-state index in [-0.39, 0.29) is 36.0 Å². The number of allylic oxidation sites excluding steroid dienone is 4. The number of rotatable bonds is 14. The number of aliphatic carboxylic acids is 1. The first kappa shape index (κ1) is 23.2. The number of carboxylic acids is 1. The zero-order chi connectivity index (χ0) is 14.9. The van der Waals surface area contributed by atoms with Crippen LogP contribution >= 0.6 is 0 Å². The van der Waals surface area contributed by atoms with Gasteiger partial charge >= 0.3 is 29.6 Å². The van der Waals surface area contributed by atoms with Crippen LogP contribution in [-0.4, -0.2) is 5.97 Å². The summed E-state index contributed by atoms with van der Waals surface area (Å²) >= 11 is 0. The van der Waals surface area contributed by atoms with E-state index < -0.39 is 5.97 Å². The van der Waals surface area contributed by atoms with Crippen LogP contribution in [0.1, 0.15) is 84.0 Å². The van der Waals surface area contributed by atoms with Crippen LogP contribution < -0.4 is 34.7 Å². The predicted octanol–water partition coefficient (Wildman–Crippen LogP) is 1.55. The zero-order valence-corrected chi connectivity index (χ0v) is 16.1. The Hall–Kier alpha value is -0.0500. The summed E-state index contributed by atoms with van der Waals surface area (Å²) in [7, 11) is 0. The van der Waals surface area contributed by atoms with Gasteiger partial charge < -0.3 is 9.90 Å². The molecule has 21 heavy (non-hydrogen) atoms. The smallest absolute Gasteiger partial charge is 0.550 e. The summed E-state index contributed by atoms with van der Waals surface area (Å²) in [4.78, 5) is 10.2. The van der Waals surface area contributed by atoms with Gasteiger partial charge in [-0.3, -0.25) is 0 Å². The van der Waals surface area contributed by atoms with Crippen LogP contribution in [0.5, 0.6) is 0 Å². The molecule has 0 atom stereocenters. The summed E-state index contributed by atoms with van der Waals surface area (Å²) in [5.74, 6) is -0.922. The molecule has 0 aliphatic rings. The van der Waals surface area contributed by atoms with Gasteiger partial charge in [0.25, 0.3) is 0 Å². The van der Waals surface area contributed by atoms with Gasteiger partial charge in [0.2, 0.25) is 0 Å². The van der Waals surface area contributed by atoms with Crippen LogP contribution in [0.15, 0.2) is 24.3 Å². The van der Waals surface area contributed by atoms with Gasteiger partial charge in [0.1, 0.15) is 0 Å². The van der Waals surface area contributed by atoms with E-state index in [0.717, 1.165) is 25.7 Å². The van der Waals surface area contributed by atoms with E-state index in [1.807, 2.05) is 0 Å². The second-order valence-corrected chi connectivity index (χ2v) is 5.38. The standard InChI is InChI=1S/C18H32O2.Na/c1-2-3-4-5-6-7-8-9-10-11-12-13-14-15-16-17-18(19)20;/h7-10H,2-6,11-17H2,1H3,(H,19,20);/q;+1/p-1/b8-7+,10-9+;. The van der Waals surface area contributed by atoms with Gasteiger partial charge in [0, 0.05) is 5.97 Å². The third-order valence-electron chi connectivity index (χ3n) is 3.36. The number of carbonyl (C=O) groups is 1. The molecule has 0 aromatic carbocycles. The molecule has 0 spiro atoms. The van der Waals surface area contributed by atoms with Crippen molar-refractivity contribution < 1.29 is 39.5 Å². The molecule has 0 saturated heterocycles. The predicted molar refractivity (Wildman–Crippen MR) is 84.4 cm³/mol. The first-order chi connectivity index (χ1) is 9.77. The molecule has 0 aliphatic carbocycles. The van der Waals surface area contributed by atoms with E-state index in [1.165, 1.54) is 44.9 Å². The fourth-order valence-electron chi connectivity index (χ4n) is 2.10. The second kappa shape index (κ2) is 19.9. The van der Waals surface area contributed by atoms with E-state index in [2.05, 4.69) is 31.2 Å². The summed E-state index contributed by atoms with van der Waals surface area (Å²) in [6, 6.07) is 0. The van der Waals surface area contributed by atoms with Crippen LogP contribution in [0, 0.1) is 0 Å². The van der Waals surface area contributed by atoms with Crippen LogP contribution in [0.4, 0.5) is 0 Å². The van der Waals surface area contributed by atoms with Crippen molar-refractivity contribution in [2.24, 2.45) is 0 Å². The summed E-state index contributed by atoms with van der Waals surface area (Å²) < 4.78 is 0. The number of hydrogen-bond donors (Lipinski definition) is 0. The summed E-state index contributed by atoms with van der Waals surface area (Å²) in [5.41, 5.74) is 0. The number of carbonyl (C=O) groups excluding carboxylic acids is 1. The molecule has 0 fully saturated rings. The van der Waals surface area contributed by atoms with E-state index >= 15 is 0 Å². The molecule has 0 unspecified atom stereocenters. The van der Waals surface area contributed by atoms with E-state index in [4.69, 9.17) is 0 Å². The zero-order valence-electron chi connectivity index (χ0n) is 14.1. The molecular weight excluding hydrogens is 271 g/mol. The quantitative estimate of drug-likeness (QED) is 0.277. The average molecular weight is 302 g/mol. The van der Waals surface area contributed by atoms with Gasteiger partial charge in [-0.15, -0.1) is 0 Å². The summed E-state index contributed by atoms with van der Waals surface area (Å²) in [6.07, 6.45) is 21.9. The summed E-state index contributed by atoms with van der Waals surface area (Å²) in [5, 5.41) is 10.2. The maximum Gasteiger partial charge on any atom is 1.00 e. The SMILES string of the molecule is CCCCCC/C=C/C=C/CCCCCCCC(=O)[O-].[Na+]. The molecule has 0 rings (SSSR count). The average Bonchev–Trinajstić information content (AvgIpc) is 2.43. The Kier molecular flexibility index (Phi) is 22.1. The van der Waals surface area contributed by atoms with Gasteiger partial charge in [0.15, 0.2) is 0 Å². The first-order valence-corrected chi connectivity index (χ1v) is 8.29. The number of hydrogen-bond acceptors (Lipinski definition) is 2. The molecule has 0 heterocycles. The molecule has 116 valence electrons. The molecule has 0 radical (unpaired) electrons. The minimum absolute atomic E-state index is 0. The van der Waals surface area contributed by atoms with E-state index in [0.29, 0.717) is 0 Å². The van der Waals surface area contributed by atoms with E-state index in [1.54, 1.807) is 0 Å². The Labute approximate surface area is 153 Å². The molecule has 0 saturated carbocycles. The minimum Gasteiger partial charge on any atom is -0.550 e. The Morgan fingerprint density at radius 1 is 0.810 bits per heavy atom. The Balaban J connectivity index is 0. The Bertz CT molecular complexity index is 272. The van der Waals surface area contributed by atoms with Crippen molar-refractivity contribution in [3.8, 4) is 0 Å². The second-order valence-electron chi connectivity index (χ2n) is 5.38. The van der Waals surface area contributed by atoms with Crippen LogP contribution in [0.25, 0.3) is 0 Å². The van der Waals surface area contributed by atoms with Gasteiger partial charge in [-0.05, 0) is 38.5 Å². The van der Waals surface area contributed by atoms with Gasteiger partial charge in [-0.25, -0.2) is 0 Å². The monoisotopic (exact) mass is 302 g/mol. The third kappa shape index (κ3) is 22.4. The molecule has 2 nitrogen and oxygen atoms in total.